The van der Waals surface area contributed by atoms with Crippen LogP contribution in [-0.4, -0.2) is 52.0 Å². The predicted molar refractivity (Wildman–Crippen MR) is 108 cm³/mol. The van der Waals surface area contributed by atoms with E-state index in [1.807, 2.05) is 0 Å². The highest BCUT2D eigenvalue weighted by Crippen LogP contribution is 2.17. The molecule has 0 radical (unpaired) electrons. The molecule has 0 saturated carbocycles. The van der Waals surface area contributed by atoms with Crippen LogP contribution in [0.1, 0.15) is 10.5 Å². The summed E-state index contributed by atoms with van der Waals surface area (Å²) < 4.78 is 0. The first kappa shape index (κ1) is 18.1. The highest BCUT2D eigenvalue weighted by Gasteiger charge is 2.20. The van der Waals surface area contributed by atoms with Crippen molar-refractivity contribution in [3.05, 3.63) is 65.8 Å². The number of carbonyl (C=O) groups is 1. The summed E-state index contributed by atoms with van der Waals surface area (Å²) in [4.78, 5) is 33.8. The number of benzene rings is 1. The average molecular weight is 396 g/mol. The van der Waals surface area contributed by atoms with Gasteiger partial charge >= 0.3 is 0 Å². The van der Waals surface area contributed by atoms with Crippen LogP contribution in [0.25, 0.3) is 0 Å². The number of hydrogen-bond acceptors (Lipinski definition) is 7. The molecule has 0 aliphatic carbocycles. The van der Waals surface area contributed by atoms with E-state index in [-0.39, 0.29) is 11.6 Å². The molecule has 1 amide bonds. The van der Waals surface area contributed by atoms with E-state index in [1.54, 1.807) is 48.9 Å². The average Bonchev–Trinajstić information content (AvgIpc) is 2.75. The Hall–Kier alpha value is -3.26. The van der Waals surface area contributed by atoms with Gasteiger partial charge in [0.1, 0.15) is 11.5 Å². The monoisotopic (exact) mass is 395 g/mol. The van der Waals surface area contributed by atoms with Gasteiger partial charge in [-0.15, -0.1) is 0 Å². The normalized spacial score (nSPS) is 14.0. The van der Waals surface area contributed by atoms with Crippen molar-refractivity contribution < 1.29 is 4.79 Å². The second-order valence-corrected chi connectivity index (χ2v) is 6.68. The van der Waals surface area contributed by atoms with Crippen molar-refractivity contribution in [3.63, 3.8) is 0 Å². The van der Waals surface area contributed by atoms with E-state index >= 15 is 0 Å². The molecule has 3 aromatic rings. The minimum Gasteiger partial charge on any atom is -0.352 e. The first-order chi connectivity index (χ1) is 13.7. The number of nitrogens with one attached hydrogen (secondary N) is 1. The Kier molecular flexibility index (Phi) is 5.29. The molecule has 1 saturated heterocycles. The molecular weight excluding hydrogens is 378 g/mol. The molecule has 1 aliphatic heterocycles. The fraction of sp³-hybridized carbons (Fsp3) is 0.211. The number of carbonyl (C=O) groups excluding carboxylic acids is 1. The van der Waals surface area contributed by atoms with Crippen LogP contribution in [0.2, 0.25) is 5.02 Å². The number of amides is 1. The van der Waals surface area contributed by atoms with Gasteiger partial charge in [0.05, 0.1) is 12.4 Å². The van der Waals surface area contributed by atoms with Crippen LogP contribution in [0, 0.1) is 0 Å². The zero-order chi connectivity index (χ0) is 19.3. The summed E-state index contributed by atoms with van der Waals surface area (Å²) in [6.07, 6.45) is 6.60. The van der Waals surface area contributed by atoms with Gasteiger partial charge in [0.2, 0.25) is 5.95 Å². The Labute approximate surface area is 167 Å². The molecule has 3 heterocycles. The maximum Gasteiger partial charge on any atom is 0.275 e. The molecule has 0 bridgehead atoms. The summed E-state index contributed by atoms with van der Waals surface area (Å²) in [5.74, 6) is 1.15. The smallest absolute Gasteiger partial charge is 0.275 e. The molecule has 8 nitrogen and oxygen atoms in total. The molecule has 1 fully saturated rings. The Morgan fingerprint density at radius 2 is 1.68 bits per heavy atom. The third-order valence-electron chi connectivity index (χ3n) is 4.39. The van der Waals surface area contributed by atoms with E-state index in [4.69, 9.17) is 11.6 Å². The lowest BCUT2D eigenvalue weighted by molar-refractivity contribution is 0.102. The highest BCUT2D eigenvalue weighted by atomic mass is 35.5. The van der Waals surface area contributed by atoms with Crippen LogP contribution < -0.4 is 15.1 Å². The highest BCUT2D eigenvalue weighted by molar-refractivity contribution is 6.30. The third-order valence-corrected chi connectivity index (χ3v) is 4.63. The van der Waals surface area contributed by atoms with Gasteiger partial charge in [0, 0.05) is 49.3 Å². The number of halogens is 1. The van der Waals surface area contributed by atoms with Crippen LogP contribution in [0.3, 0.4) is 0 Å². The van der Waals surface area contributed by atoms with Gasteiger partial charge in [-0.25, -0.2) is 19.9 Å². The third kappa shape index (κ3) is 4.17. The number of aromatic nitrogens is 4. The molecule has 28 heavy (non-hydrogen) atoms. The Morgan fingerprint density at radius 1 is 0.929 bits per heavy atom. The maximum absolute atomic E-state index is 12.3. The van der Waals surface area contributed by atoms with Gasteiger partial charge in [-0.2, -0.15) is 0 Å². The first-order valence-corrected chi connectivity index (χ1v) is 9.23. The number of piperazine rings is 1. The zero-order valence-corrected chi connectivity index (χ0v) is 15.8. The van der Waals surface area contributed by atoms with Crippen LogP contribution >= 0.6 is 11.6 Å². The van der Waals surface area contributed by atoms with Crippen molar-refractivity contribution in [2.24, 2.45) is 0 Å². The Morgan fingerprint density at radius 3 is 2.36 bits per heavy atom. The molecule has 0 unspecified atom stereocenters. The number of anilines is 3. The molecule has 1 aliphatic rings. The SMILES string of the molecule is O=C(Nc1cccc(Cl)c1)c1cnc(N2CCN(c3ncccn3)CC2)cn1. The van der Waals surface area contributed by atoms with E-state index in [1.165, 1.54) is 6.20 Å². The van der Waals surface area contributed by atoms with Crippen LogP contribution in [0.15, 0.2) is 55.1 Å². The fourth-order valence-electron chi connectivity index (χ4n) is 2.95. The van der Waals surface area contributed by atoms with E-state index < -0.39 is 0 Å². The zero-order valence-electron chi connectivity index (χ0n) is 15.0. The Bertz CT molecular complexity index is 944. The van der Waals surface area contributed by atoms with Crippen LogP contribution in [0.4, 0.5) is 17.5 Å². The number of hydrogen-bond donors (Lipinski definition) is 1. The predicted octanol–water partition coefficient (Wildman–Crippen LogP) is 2.50. The van der Waals surface area contributed by atoms with Crippen molar-refractivity contribution in [3.8, 4) is 0 Å². The molecule has 0 atom stereocenters. The minimum atomic E-state index is -0.327. The van der Waals surface area contributed by atoms with E-state index in [2.05, 4.69) is 35.1 Å². The number of nitrogens with zero attached hydrogens (tertiary/aromatic N) is 6. The van der Waals surface area contributed by atoms with Gasteiger partial charge in [-0.1, -0.05) is 17.7 Å². The molecule has 1 aromatic carbocycles. The topological polar surface area (TPSA) is 87.1 Å². The van der Waals surface area contributed by atoms with E-state index in [0.717, 1.165) is 37.9 Å². The molecule has 4 rings (SSSR count). The van der Waals surface area contributed by atoms with Gasteiger partial charge in [-0.3, -0.25) is 4.79 Å². The summed E-state index contributed by atoms with van der Waals surface area (Å²) in [7, 11) is 0. The summed E-state index contributed by atoms with van der Waals surface area (Å²) in [6.45, 7) is 3.15. The fourth-order valence-corrected chi connectivity index (χ4v) is 3.14. The van der Waals surface area contributed by atoms with Gasteiger partial charge in [0.25, 0.3) is 5.91 Å². The number of rotatable bonds is 4. The lowest BCUT2D eigenvalue weighted by Crippen LogP contribution is -2.47. The van der Waals surface area contributed by atoms with Gasteiger partial charge < -0.3 is 15.1 Å². The molecule has 0 spiro atoms. The van der Waals surface area contributed by atoms with E-state index in [0.29, 0.717) is 10.7 Å². The molecule has 9 heteroatoms. The molecular formula is C19H18ClN7O. The maximum atomic E-state index is 12.3. The first-order valence-electron chi connectivity index (χ1n) is 8.85. The van der Waals surface area contributed by atoms with Crippen molar-refractivity contribution >= 4 is 35.0 Å². The Balaban J connectivity index is 1.36. The minimum absolute atomic E-state index is 0.250. The van der Waals surface area contributed by atoms with E-state index in [9.17, 15) is 4.79 Å². The van der Waals surface area contributed by atoms with Crippen LogP contribution in [-0.2, 0) is 0 Å². The van der Waals surface area contributed by atoms with Gasteiger partial charge in [0.15, 0.2) is 0 Å². The molecule has 142 valence electrons. The summed E-state index contributed by atoms with van der Waals surface area (Å²) in [6, 6.07) is 8.76. The summed E-state index contributed by atoms with van der Waals surface area (Å²) >= 11 is 5.93. The van der Waals surface area contributed by atoms with Gasteiger partial charge in [-0.05, 0) is 24.3 Å². The van der Waals surface area contributed by atoms with Crippen LogP contribution in [0.5, 0.6) is 0 Å². The summed E-state index contributed by atoms with van der Waals surface area (Å²) in [5, 5.41) is 3.32. The lowest BCUT2D eigenvalue weighted by Gasteiger charge is -2.35. The molecule has 1 N–H and O–H groups in total. The van der Waals surface area contributed by atoms with Crippen molar-refractivity contribution in [1.82, 2.24) is 19.9 Å². The lowest BCUT2D eigenvalue weighted by atomic mass is 10.3. The van der Waals surface area contributed by atoms with Crippen molar-refractivity contribution in [2.75, 3.05) is 41.3 Å². The summed E-state index contributed by atoms with van der Waals surface area (Å²) in [5.41, 5.74) is 0.864. The second-order valence-electron chi connectivity index (χ2n) is 6.25. The molecule has 2 aromatic heterocycles. The van der Waals surface area contributed by atoms with Crippen molar-refractivity contribution in [1.29, 1.82) is 0 Å². The van der Waals surface area contributed by atoms with Crippen molar-refractivity contribution in [2.45, 2.75) is 0 Å². The standard InChI is InChI=1S/C19H18ClN7O/c20-14-3-1-4-15(11-14)25-18(28)16-12-24-17(13-23-16)26-7-9-27(10-8-26)19-21-5-2-6-22-19/h1-6,11-13H,7-10H2,(H,25,28). The quantitative estimate of drug-likeness (QED) is 0.726. The largest absolute Gasteiger partial charge is 0.352 e. The second kappa shape index (κ2) is 8.18.